The van der Waals surface area contributed by atoms with Crippen molar-refractivity contribution >= 4 is 22.9 Å². The van der Waals surface area contributed by atoms with Gasteiger partial charge in [0.25, 0.3) is 0 Å². The Morgan fingerprint density at radius 2 is 2.00 bits per heavy atom. The van der Waals surface area contributed by atoms with Crippen molar-refractivity contribution in [2.75, 3.05) is 0 Å². The number of nitrogens with zero attached hydrogens (tertiary/aromatic N) is 3. The number of hydrogen-bond acceptors (Lipinski definition) is 4. The van der Waals surface area contributed by atoms with Gasteiger partial charge in [-0.2, -0.15) is 0 Å². The van der Waals surface area contributed by atoms with Crippen LogP contribution in [0.1, 0.15) is 17.5 Å². The van der Waals surface area contributed by atoms with Gasteiger partial charge < -0.3 is 4.98 Å². The van der Waals surface area contributed by atoms with Crippen LogP contribution in [0.25, 0.3) is 11.2 Å². The Balaban J connectivity index is 1.73. The molecule has 0 radical (unpaired) electrons. The standard InChI is InChI=1S/C14H12N4S/c1-2-9-4-5-11(6-10(9)3-1)19-14-12-13(16-7-15-12)17-8-18-14/h4-8H,1-3H2,(H,15,16,17,18). The van der Waals surface area contributed by atoms with Crippen LogP contribution in [0.3, 0.4) is 0 Å². The fourth-order valence-corrected chi connectivity index (χ4v) is 3.45. The molecule has 0 aliphatic heterocycles. The van der Waals surface area contributed by atoms with E-state index in [4.69, 9.17) is 0 Å². The normalized spacial score (nSPS) is 13.9. The predicted octanol–water partition coefficient (Wildman–Crippen LogP) is 2.99. The molecule has 1 N–H and O–H groups in total. The summed E-state index contributed by atoms with van der Waals surface area (Å²) in [6, 6.07) is 6.70. The minimum absolute atomic E-state index is 0.790. The molecule has 94 valence electrons. The zero-order chi connectivity index (χ0) is 12.7. The van der Waals surface area contributed by atoms with Crippen molar-refractivity contribution in [3.8, 4) is 0 Å². The number of rotatable bonds is 2. The van der Waals surface area contributed by atoms with Crippen LogP contribution in [0, 0.1) is 0 Å². The van der Waals surface area contributed by atoms with Crippen molar-refractivity contribution in [3.63, 3.8) is 0 Å². The molecule has 0 spiro atoms. The number of aromatic nitrogens is 4. The largest absolute Gasteiger partial charge is 0.329 e. The van der Waals surface area contributed by atoms with Crippen LogP contribution in [0.5, 0.6) is 0 Å². The molecule has 1 aliphatic carbocycles. The number of benzene rings is 1. The van der Waals surface area contributed by atoms with E-state index >= 15 is 0 Å². The highest BCUT2D eigenvalue weighted by Gasteiger charge is 2.13. The van der Waals surface area contributed by atoms with Crippen molar-refractivity contribution in [1.29, 1.82) is 0 Å². The molecule has 0 saturated heterocycles. The van der Waals surface area contributed by atoms with Crippen molar-refractivity contribution in [1.82, 2.24) is 19.9 Å². The fraction of sp³-hybridized carbons (Fsp3) is 0.214. The van der Waals surface area contributed by atoms with Gasteiger partial charge in [-0.15, -0.1) is 0 Å². The number of aryl methyl sites for hydroxylation is 2. The number of hydrogen-bond donors (Lipinski definition) is 1. The maximum atomic E-state index is 4.34. The van der Waals surface area contributed by atoms with E-state index in [2.05, 4.69) is 38.1 Å². The predicted molar refractivity (Wildman–Crippen MR) is 74.3 cm³/mol. The van der Waals surface area contributed by atoms with E-state index in [0.29, 0.717) is 0 Å². The van der Waals surface area contributed by atoms with Gasteiger partial charge in [0, 0.05) is 4.90 Å². The van der Waals surface area contributed by atoms with Crippen LogP contribution >= 0.6 is 11.8 Å². The SMILES string of the molecule is c1nc(Sc2ccc3c(c2)CCC3)c2nc[nH]c2n1. The van der Waals surface area contributed by atoms with E-state index in [9.17, 15) is 0 Å². The first-order valence-corrected chi connectivity index (χ1v) is 7.15. The third-order valence-electron chi connectivity index (χ3n) is 3.47. The number of H-pyrrole nitrogens is 1. The molecular formula is C14H12N4S. The van der Waals surface area contributed by atoms with Crippen molar-refractivity contribution in [2.24, 2.45) is 0 Å². The van der Waals surface area contributed by atoms with Gasteiger partial charge in [-0.3, -0.25) is 0 Å². The van der Waals surface area contributed by atoms with Crippen LogP contribution in [-0.4, -0.2) is 19.9 Å². The van der Waals surface area contributed by atoms with E-state index in [1.807, 2.05) is 0 Å². The molecule has 2 heterocycles. The topological polar surface area (TPSA) is 54.5 Å². The summed E-state index contributed by atoms with van der Waals surface area (Å²) in [5, 5.41) is 0.907. The van der Waals surface area contributed by atoms with Gasteiger partial charge in [-0.25, -0.2) is 15.0 Å². The lowest BCUT2D eigenvalue weighted by atomic mass is 10.1. The molecule has 0 saturated carbocycles. The number of fused-ring (bicyclic) bond motifs is 2. The molecule has 3 aromatic rings. The Bertz CT molecular complexity index is 750. The van der Waals surface area contributed by atoms with Crippen LogP contribution in [0.15, 0.2) is 40.8 Å². The van der Waals surface area contributed by atoms with Crippen LogP contribution in [0.2, 0.25) is 0 Å². The second-order valence-electron chi connectivity index (χ2n) is 4.66. The van der Waals surface area contributed by atoms with Gasteiger partial charge in [0.1, 0.15) is 16.9 Å². The van der Waals surface area contributed by atoms with Gasteiger partial charge in [0.15, 0.2) is 5.65 Å². The van der Waals surface area contributed by atoms with Gasteiger partial charge in [0.05, 0.1) is 6.33 Å². The monoisotopic (exact) mass is 268 g/mol. The summed E-state index contributed by atoms with van der Waals surface area (Å²) in [6.45, 7) is 0. The molecule has 0 unspecified atom stereocenters. The molecule has 0 atom stereocenters. The summed E-state index contributed by atoms with van der Waals surface area (Å²) >= 11 is 1.65. The first-order valence-electron chi connectivity index (χ1n) is 6.34. The van der Waals surface area contributed by atoms with E-state index in [1.54, 1.807) is 24.4 Å². The van der Waals surface area contributed by atoms with Gasteiger partial charge in [0.2, 0.25) is 0 Å². The van der Waals surface area contributed by atoms with E-state index in [1.165, 1.54) is 35.3 Å². The number of aromatic amines is 1. The lowest BCUT2D eigenvalue weighted by molar-refractivity contribution is 0.911. The van der Waals surface area contributed by atoms with Gasteiger partial charge in [-0.05, 0) is 42.5 Å². The summed E-state index contributed by atoms with van der Waals surface area (Å²) in [5.41, 5.74) is 4.61. The number of imidazole rings is 1. The highest BCUT2D eigenvalue weighted by molar-refractivity contribution is 7.99. The molecular weight excluding hydrogens is 256 g/mol. The number of nitrogens with one attached hydrogen (secondary N) is 1. The second kappa shape index (κ2) is 4.35. The highest BCUT2D eigenvalue weighted by Crippen LogP contribution is 2.33. The van der Waals surface area contributed by atoms with E-state index < -0.39 is 0 Å². The van der Waals surface area contributed by atoms with E-state index in [-0.39, 0.29) is 0 Å². The van der Waals surface area contributed by atoms with Gasteiger partial charge in [-0.1, -0.05) is 17.8 Å². The Morgan fingerprint density at radius 1 is 1.05 bits per heavy atom. The summed E-state index contributed by atoms with van der Waals surface area (Å²) in [5.74, 6) is 0. The average Bonchev–Trinajstić information content (AvgIpc) is 3.06. The lowest BCUT2D eigenvalue weighted by Gasteiger charge is -2.04. The smallest absolute Gasteiger partial charge is 0.161 e. The molecule has 0 fully saturated rings. The molecule has 4 rings (SSSR count). The Kier molecular flexibility index (Phi) is 2.51. The first-order chi connectivity index (χ1) is 9.40. The fourth-order valence-electron chi connectivity index (χ4n) is 2.54. The minimum atomic E-state index is 0.790. The zero-order valence-electron chi connectivity index (χ0n) is 10.3. The molecule has 2 aromatic heterocycles. The van der Waals surface area contributed by atoms with Crippen LogP contribution in [-0.2, 0) is 12.8 Å². The summed E-state index contributed by atoms with van der Waals surface area (Å²) in [7, 11) is 0. The van der Waals surface area contributed by atoms with Crippen LogP contribution in [0.4, 0.5) is 0 Å². The maximum absolute atomic E-state index is 4.34. The van der Waals surface area contributed by atoms with E-state index in [0.717, 1.165) is 16.2 Å². The van der Waals surface area contributed by atoms with Crippen molar-refractivity contribution < 1.29 is 0 Å². The highest BCUT2D eigenvalue weighted by atomic mass is 32.2. The minimum Gasteiger partial charge on any atom is -0.329 e. The zero-order valence-corrected chi connectivity index (χ0v) is 11.1. The molecule has 0 amide bonds. The Morgan fingerprint density at radius 3 is 3.00 bits per heavy atom. The Labute approximate surface area is 114 Å². The summed E-state index contributed by atoms with van der Waals surface area (Å²) in [6.07, 6.45) is 6.94. The van der Waals surface area contributed by atoms with Crippen LogP contribution < -0.4 is 0 Å². The quantitative estimate of drug-likeness (QED) is 0.726. The molecule has 4 nitrogen and oxygen atoms in total. The molecule has 1 aliphatic rings. The second-order valence-corrected chi connectivity index (χ2v) is 5.73. The Hall–Kier alpha value is -1.88. The molecule has 1 aromatic carbocycles. The summed E-state index contributed by atoms with van der Waals surface area (Å²) in [4.78, 5) is 17.0. The third kappa shape index (κ3) is 1.90. The molecule has 0 bridgehead atoms. The van der Waals surface area contributed by atoms with Gasteiger partial charge >= 0.3 is 0 Å². The lowest BCUT2D eigenvalue weighted by Crippen LogP contribution is -1.87. The van der Waals surface area contributed by atoms with Crippen molar-refractivity contribution in [2.45, 2.75) is 29.2 Å². The summed E-state index contributed by atoms with van der Waals surface area (Å²) < 4.78 is 0. The third-order valence-corrected chi connectivity index (χ3v) is 4.45. The average molecular weight is 268 g/mol. The first kappa shape index (κ1) is 11.0. The maximum Gasteiger partial charge on any atom is 0.161 e. The molecule has 19 heavy (non-hydrogen) atoms. The molecule has 5 heteroatoms. The van der Waals surface area contributed by atoms with Crippen molar-refractivity contribution in [3.05, 3.63) is 42.0 Å².